The number of fused-ring (bicyclic) bond motifs is 2. The number of esters is 1. The summed E-state index contributed by atoms with van der Waals surface area (Å²) < 4.78 is 4.51. The highest BCUT2D eigenvalue weighted by Gasteiger charge is 2.38. The lowest BCUT2D eigenvalue weighted by atomic mass is 9.97. The van der Waals surface area contributed by atoms with E-state index in [1.165, 1.54) is 6.42 Å². The van der Waals surface area contributed by atoms with Crippen LogP contribution in [0.2, 0.25) is 0 Å². The van der Waals surface area contributed by atoms with Crippen molar-refractivity contribution in [2.24, 2.45) is 0 Å². The Labute approximate surface area is 161 Å². The van der Waals surface area contributed by atoms with E-state index in [9.17, 15) is 4.79 Å². The van der Waals surface area contributed by atoms with Gasteiger partial charge in [0, 0.05) is 20.9 Å². The number of carbonyl (C=O) groups excluding carboxylic acids is 1. The van der Waals surface area contributed by atoms with E-state index >= 15 is 0 Å². The molecule has 2 aromatic rings. The quantitative estimate of drug-likeness (QED) is 0.441. The molecule has 0 amide bonds. The maximum atomic E-state index is 12.5. The molecule has 2 aliphatic rings. The zero-order valence-corrected chi connectivity index (χ0v) is 16.0. The first-order valence-corrected chi connectivity index (χ1v) is 10.1. The topological polar surface area (TPSA) is 26.3 Å². The maximum Gasteiger partial charge on any atom is 0.338 e. The van der Waals surface area contributed by atoms with Crippen molar-refractivity contribution in [3.05, 3.63) is 59.2 Å². The van der Waals surface area contributed by atoms with Crippen LogP contribution in [0.4, 0.5) is 0 Å². The maximum absolute atomic E-state index is 12.5. The molecule has 0 bridgehead atoms. The van der Waals surface area contributed by atoms with Crippen LogP contribution in [0.5, 0.6) is 0 Å². The fraction of sp³-hybridized carbons (Fsp3) is 0.350. The highest BCUT2D eigenvalue weighted by atomic mass is 35.5. The van der Waals surface area contributed by atoms with Gasteiger partial charge in [-0.05, 0) is 49.9 Å². The summed E-state index contributed by atoms with van der Waals surface area (Å²) in [5.41, 5.74) is 2.11. The molecule has 130 valence electrons. The summed E-state index contributed by atoms with van der Waals surface area (Å²) in [6.45, 7) is 0. The monoisotopic (exact) mass is 392 g/mol. The minimum atomic E-state index is -1.17. The molecule has 0 atom stereocenters. The van der Waals surface area contributed by atoms with Crippen molar-refractivity contribution in [1.29, 1.82) is 0 Å². The third-order valence-corrected chi connectivity index (χ3v) is 6.79. The summed E-state index contributed by atoms with van der Waals surface area (Å²) in [5.74, 6) is -0.289. The van der Waals surface area contributed by atoms with Gasteiger partial charge in [-0.15, -0.1) is 0 Å². The highest BCUT2D eigenvalue weighted by Crippen LogP contribution is 2.53. The van der Waals surface area contributed by atoms with Crippen LogP contribution in [-0.4, -0.2) is 12.1 Å². The lowest BCUT2D eigenvalue weighted by Crippen LogP contribution is -2.22. The molecule has 2 aromatic carbocycles. The molecule has 1 saturated carbocycles. The van der Waals surface area contributed by atoms with Crippen LogP contribution in [0.25, 0.3) is 0 Å². The average molecular weight is 393 g/mol. The molecule has 0 aromatic heterocycles. The van der Waals surface area contributed by atoms with Gasteiger partial charge in [-0.25, -0.2) is 4.79 Å². The number of rotatable bonds is 2. The van der Waals surface area contributed by atoms with Crippen molar-refractivity contribution in [3.8, 4) is 0 Å². The molecule has 5 heteroatoms. The summed E-state index contributed by atoms with van der Waals surface area (Å²) in [6, 6.07) is 13.3. The second kappa shape index (κ2) is 6.86. The molecular weight excluding hydrogens is 375 g/mol. The minimum absolute atomic E-state index is 0.0316. The SMILES string of the molecule is O=C(OC1CCCCC1)c1ccc2c(c1)C(Cl)(Cl)c1ccccc1S2. The normalized spacial score (nSPS) is 19.0. The van der Waals surface area contributed by atoms with Gasteiger partial charge in [0.2, 0.25) is 0 Å². The van der Waals surface area contributed by atoms with Crippen LogP contribution in [0.15, 0.2) is 52.3 Å². The molecule has 25 heavy (non-hydrogen) atoms. The van der Waals surface area contributed by atoms with Crippen LogP contribution < -0.4 is 0 Å². The van der Waals surface area contributed by atoms with Crippen LogP contribution in [0.1, 0.15) is 53.6 Å². The molecule has 0 unspecified atom stereocenters. The zero-order chi connectivity index (χ0) is 17.4. The summed E-state index contributed by atoms with van der Waals surface area (Å²) in [4.78, 5) is 14.5. The van der Waals surface area contributed by atoms with Crippen LogP contribution in [0, 0.1) is 0 Å². The molecule has 4 rings (SSSR count). The largest absolute Gasteiger partial charge is 0.459 e. The summed E-state index contributed by atoms with van der Waals surface area (Å²) in [7, 11) is 0. The van der Waals surface area contributed by atoms with Crippen LogP contribution in [-0.2, 0) is 9.07 Å². The summed E-state index contributed by atoms with van der Waals surface area (Å²) >= 11 is 15.0. The van der Waals surface area contributed by atoms with Gasteiger partial charge in [-0.2, -0.15) is 0 Å². The average Bonchev–Trinajstić information content (AvgIpc) is 2.62. The Balaban J connectivity index is 1.63. The molecular formula is C20H18Cl2O2S. The van der Waals surface area contributed by atoms with Crippen molar-refractivity contribution >= 4 is 40.9 Å². The highest BCUT2D eigenvalue weighted by molar-refractivity contribution is 7.99. The standard InChI is InChI=1S/C20H18Cl2O2S/c21-20(22)15-8-4-5-9-17(15)25-18-11-10-13(12-16(18)20)19(23)24-14-6-2-1-3-7-14/h4-5,8-12,14H,1-3,6-7H2. The van der Waals surface area contributed by atoms with Gasteiger partial charge in [-0.1, -0.05) is 59.6 Å². The molecule has 0 radical (unpaired) electrons. The Kier molecular flexibility index (Phi) is 4.74. The number of carbonyl (C=O) groups is 1. The van der Waals surface area contributed by atoms with E-state index in [2.05, 4.69) is 0 Å². The molecule has 1 aliphatic carbocycles. The fourth-order valence-corrected chi connectivity index (χ4v) is 5.51. The lowest BCUT2D eigenvalue weighted by Gasteiger charge is -2.30. The van der Waals surface area contributed by atoms with Gasteiger partial charge in [0.25, 0.3) is 0 Å². The van der Waals surface area contributed by atoms with E-state index < -0.39 is 4.33 Å². The predicted molar refractivity (Wildman–Crippen MR) is 102 cm³/mol. The second-order valence-electron chi connectivity index (χ2n) is 6.55. The first kappa shape index (κ1) is 17.3. The first-order chi connectivity index (χ1) is 12.1. The van der Waals surface area contributed by atoms with Crippen molar-refractivity contribution in [1.82, 2.24) is 0 Å². The van der Waals surface area contributed by atoms with Crippen molar-refractivity contribution in [3.63, 3.8) is 0 Å². The molecule has 1 fully saturated rings. The third kappa shape index (κ3) is 3.30. The molecule has 0 spiro atoms. The Morgan fingerprint density at radius 2 is 1.72 bits per heavy atom. The van der Waals surface area contributed by atoms with Gasteiger partial charge in [0.05, 0.1) is 5.56 Å². The van der Waals surface area contributed by atoms with Gasteiger partial charge >= 0.3 is 5.97 Å². The number of ether oxygens (including phenoxy) is 1. The number of halogens is 2. The summed E-state index contributed by atoms with van der Waals surface area (Å²) in [5, 5.41) is 0. The second-order valence-corrected chi connectivity index (χ2v) is 8.96. The predicted octanol–water partition coefficient (Wildman–Crippen LogP) is 6.32. The molecule has 0 saturated heterocycles. The fourth-order valence-electron chi connectivity index (χ4n) is 3.47. The Hall–Kier alpha value is -1.16. The third-order valence-electron chi connectivity index (χ3n) is 4.82. The molecule has 1 heterocycles. The Bertz CT molecular complexity index is 813. The van der Waals surface area contributed by atoms with E-state index in [-0.39, 0.29) is 12.1 Å². The number of hydrogen-bond donors (Lipinski definition) is 0. The number of benzene rings is 2. The number of alkyl halides is 2. The Morgan fingerprint density at radius 3 is 2.52 bits per heavy atom. The van der Waals surface area contributed by atoms with Crippen molar-refractivity contribution in [2.75, 3.05) is 0 Å². The minimum Gasteiger partial charge on any atom is -0.459 e. The van der Waals surface area contributed by atoms with E-state index in [1.807, 2.05) is 30.3 Å². The lowest BCUT2D eigenvalue weighted by molar-refractivity contribution is 0.0211. The van der Waals surface area contributed by atoms with Gasteiger partial charge in [0.15, 0.2) is 4.33 Å². The van der Waals surface area contributed by atoms with Crippen LogP contribution in [0.3, 0.4) is 0 Å². The van der Waals surface area contributed by atoms with Crippen molar-refractivity contribution < 1.29 is 9.53 Å². The molecule has 1 aliphatic heterocycles. The van der Waals surface area contributed by atoms with E-state index in [0.29, 0.717) is 5.56 Å². The Morgan fingerprint density at radius 1 is 1.00 bits per heavy atom. The zero-order valence-electron chi connectivity index (χ0n) is 13.6. The van der Waals surface area contributed by atoms with E-state index in [1.54, 1.807) is 23.9 Å². The molecule has 2 nitrogen and oxygen atoms in total. The smallest absolute Gasteiger partial charge is 0.338 e. The van der Waals surface area contributed by atoms with Gasteiger partial charge in [-0.3, -0.25) is 0 Å². The molecule has 0 N–H and O–H groups in total. The van der Waals surface area contributed by atoms with Gasteiger partial charge < -0.3 is 4.74 Å². The van der Waals surface area contributed by atoms with E-state index in [4.69, 9.17) is 27.9 Å². The van der Waals surface area contributed by atoms with Gasteiger partial charge in [0.1, 0.15) is 6.10 Å². The van der Waals surface area contributed by atoms with Crippen molar-refractivity contribution in [2.45, 2.75) is 52.3 Å². The van der Waals surface area contributed by atoms with Crippen LogP contribution >= 0.6 is 35.0 Å². The number of hydrogen-bond acceptors (Lipinski definition) is 3. The van der Waals surface area contributed by atoms with E-state index in [0.717, 1.165) is 46.6 Å². The first-order valence-electron chi connectivity index (χ1n) is 8.56. The summed E-state index contributed by atoms with van der Waals surface area (Å²) in [6.07, 6.45) is 5.42.